The minimum Gasteiger partial charge on any atom is -0.477 e. The Kier molecular flexibility index (Phi) is 12.6. The molecule has 0 heterocycles. The van der Waals surface area contributed by atoms with Crippen LogP contribution in [0.4, 0.5) is 0 Å². The van der Waals surface area contributed by atoms with Gasteiger partial charge in [-0.3, -0.25) is 4.79 Å². The Morgan fingerprint density at radius 1 is 0.880 bits per heavy atom. The highest BCUT2D eigenvalue weighted by Gasteiger charge is 2.39. The third kappa shape index (κ3) is 11.2. The molecular weight excluding hydrogens is 316 g/mol. The van der Waals surface area contributed by atoms with Gasteiger partial charge in [0, 0.05) is 6.42 Å². The van der Waals surface area contributed by atoms with Crippen LogP contribution in [0, 0.1) is 0 Å². The van der Waals surface area contributed by atoms with Crippen molar-refractivity contribution >= 4 is 11.9 Å². The molecule has 0 fully saturated rings. The zero-order valence-electron chi connectivity index (χ0n) is 17.1. The number of hydrogen-bond acceptors (Lipinski definition) is 2. The number of amides is 1. The molecule has 0 aliphatic rings. The fourth-order valence-corrected chi connectivity index (χ4v) is 3.32. The Balaban J connectivity index is 4.04. The Labute approximate surface area is 154 Å². The fraction of sp³-hybridized carbons (Fsp3) is 0.900. The highest BCUT2D eigenvalue weighted by Crippen LogP contribution is 2.13. The lowest BCUT2D eigenvalue weighted by atomic mass is 10.0. The van der Waals surface area contributed by atoms with Gasteiger partial charge in [-0.25, -0.2) is 4.79 Å². The van der Waals surface area contributed by atoms with Crippen LogP contribution in [0.15, 0.2) is 0 Å². The molecule has 0 saturated heterocycles. The predicted molar refractivity (Wildman–Crippen MR) is 104 cm³/mol. The Hall–Kier alpha value is -1.10. The number of nitrogens with one attached hydrogen (secondary N) is 1. The minimum absolute atomic E-state index is 0.0190. The molecule has 5 heteroatoms. The summed E-state index contributed by atoms with van der Waals surface area (Å²) in [6.45, 7) is 4.16. The van der Waals surface area contributed by atoms with Gasteiger partial charge in [-0.2, -0.15) is 0 Å². The predicted octanol–water partition coefficient (Wildman–Crippen LogP) is 3.96. The lowest BCUT2D eigenvalue weighted by molar-refractivity contribution is -0.888. The number of carboxylic acids is 1. The van der Waals surface area contributed by atoms with Crippen molar-refractivity contribution in [3.63, 3.8) is 0 Å². The quantitative estimate of drug-likeness (QED) is 0.344. The van der Waals surface area contributed by atoms with Crippen molar-refractivity contribution < 1.29 is 19.2 Å². The van der Waals surface area contributed by atoms with Crippen molar-refractivity contribution in [1.29, 1.82) is 0 Å². The van der Waals surface area contributed by atoms with E-state index < -0.39 is 12.0 Å². The summed E-state index contributed by atoms with van der Waals surface area (Å²) < 4.78 is 0.298. The van der Waals surface area contributed by atoms with Gasteiger partial charge in [0.1, 0.15) is 0 Å². The maximum atomic E-state index is 12.2. The van der Waals surface area contributed by atoms with Gasteiger partial charge in [-0.15, -0.1) is 0 Å². The van der Waals surface area contributed by atoms with Crippen LogP contribution in [0.5, 0.6) is 0 Å². The summed E-state index contributed by atoms with van der Waals surface area (Å²) in [6, 6.07) is -0.958. The van der Waals surface area contributed by atoms with Crippen molar-refractivity contribution in [2.45, 2.75) is 96.6 Å². The summed E-state index contributed by atoms with van der Waals surface area (Å²) >= 11 is 0. The molecule has 0 rings (SSSR count). The van der Waals surface area contributed by atoms with Gasteiger partial charge in [0.2, 0.25) is 11.9 Å². The SMILES string of the molecule is CCCCCCCCCCCC(=O)N[C@@H](CC)[C@@H](C(=O)O)[N+](C)(C)C. The standard InChI is InChI=1S/C20H40N2O3/c1-6-8-9-10-11-12-13-14-15-16-18(23)21-17(7-2)19(20(24)25)22(3,4)5/h17,19H,6-16H2,1-5H3,(H-,21,23,24,25)/p+1/t17-,19-/m0/s1. The third-order valence-electron chi connectivity index (χ3n) is 4.76. The molecule has 1 amide bonds. The number of aliphatic carboxylic acids is 1. The molecule has 0 aliphatic heterocycles. The maximum absolute atomic E-state index is 12.2. The number of nitrogens with zero attached hydrogens (tertiary/aromatic N) is 1. The first-order valence-corrected chi connectivity index (χ1v) is 10.1. The molecule has 0 bridgehead atoms. The summed E-state index contributed by atoms with van der Waals surface area (Å²) in [4.78, 5) is 23.8. The molecule has 0 aromatic rings. The van der Waals surface area contributed by atoms with Gasteiger partial charge < -0.3 is 14.9 Å². The Bertz CT molecular complexity index is 378. The number of quaternary nitrogens is 1. The lowest BCUT2D eigenvalue weighted by Crippen LogP contribution is -2.60. The van der Waals surface area contributed by atoms with Gasteiger partial charge in [-0.1, -0.05) is 65.2 Å². The van der Waals surface area contributed by atoms with Gasteiger partial charge >= 0.3 is 5.97 Å². The first-order valence-electron chi connectivity index (χ1n) is 10.1. The molecule has 25 heavy (non-hydrogen) atoms. The topological polar surface area (TPSA) is 66.4 Å². The van der Waals surface area contributed by atoms with Gasteiger partial charge in [-0.05, 0) is 12.8 Å². The summed E-state index contributed by atoms with van der Waals surface area (Å²) in [5, 5.41) is 12.5. The molecular formula is C20H41N2O3+. The zero-order valence-corrected chi connectivity index (χ0v) is 17.1. The molecule has 0 aromatic heterocycles. The first kappa shape index (κ1) is 23.9. The molecule has 2 atom stereocenters. The van der Waals surface area contributed by atoms with Gasteiger partial charge in [0.25, 0.3) is 0 Å². The maximum Gasteiger partial charge on any atom is 0.364 e. The molecule has 148 valence electrons. The molecule has 5 nitrogen and oxygen atoms in total. The summed E-state index contributed by atoms with van der Waals surface area (Å²) in [5.41, 5.74) is 0. The van der Waals surface area contributed by atoms with Crippen LogP contribution in [-0.4, -0.2) is 54.7 Å². The van der Waals surface area contributed by atoms with Crippen LogP contribution in [0.2, 0.25) is 0 Å². The molecule has 0 unspecified atom stereocenters. The molecule has 0 aliphatic carbocycles. The van der Waals surface area contributed by atoms with Crippen LogP contribution >= 0.6 is 0 Å². The average Bonchev–Trinajstić information content (AvgIpc) is 2.50. The van der Waals surface area contributed by atoms with Crippen LogP contribution < -0.4 is 5.32 Å². The molecule has 2 N–H and O–H groups in total. The van der Waals surface area contributed by atoms with E-state index >= 15 is 0 Å². The summed E-state index contributed by atoms with van der Waals surface area (Å²) in [5.74, 6) is -0.878. The summed E-state index contributed by atoms with van der Waals surface area (Å²) in [6.07, 6.45) is 12.1. The lowest BCUT2D eigenvalue weighted by Gasteiger charge is -2.36. The number of rotatable bonds is 15. The second-order valence-corrected chi connectivity index (χ2v) is 8.06. The Morgan fingerprint density at radius 2 is 1.36 bits per heavy atom. The van der Waals surface area contributed by atoms with Crippen molar-refractivity contribution in [3.8, 4) is 0 Å². The monoisotopic (exact) mass is 357 g/mol. The Morgan fingerprint density at radius 3 is 1.76 bits per heavy atom. The van der Waals surface area contributed by atoms with Crippen molar-refractivity contribution in [2.75, 3.05) is 21.1 Å². The van der Waals surface area contributed by atoms with E-state index in [9.17, 15) is 14.7 Å². The normalized spacial score (nSPS) is 14.1. The van der Waals surface area contributed by atoms with E-state index in [4.69, 9.17) is 0 Å². The second-order valence-electron chi connectivity index (χ2n) is 8.06. The largest absolute Gasteiger partial charge is 0.477 e. The number of carbonyl (C=O) groups is 2. The van der Waals surface area contributed by atoms with E-state index in [1.54, 1.807) is 0 Å². The second kappa shape index (κ2) is 13.2. The van der Waals surface area contributed by atoms with Crippen LogP contribution in [0.3, 0.4) is 0 Å². The number of carbonyl (C=O) groups excluding carboxylic acids is 1. The highest BCUT2D eigenvalue weighted by atomic mass is 16.4. The number of likely N-dealkylation sites (N-methyl/N-ethyl adjacent to an activating group) is 1. The van der Waals surface area contributed by atoms with E-state index in [0.717, 1.165) is 12.8 Å². The summed E-state index contributed by atoms with van der Waals surface area (Å²) in [7, 11) is 5.57. The zero-order chi connectivity index (χ0) is 19.3. The highest BCUT2D eigenvalue weighted by molar-refractivity contribution is 5.78. The number of hydrogen-bond donors (Lipinski definition) is 2. The van der Waals surface area contributed by atoms with Crippen molar-refractivity contribution in [3.05, 3.63) is 0 Å². The van der Waals surface area contributed by atoms with Crippen molar-refractivity contribution in [1.82, 2.24) is 5.32 Å². The van der Waals surface area contributed by atoms with E-state index in [1.165, 1.54) is 44.9 Å². The first-order chi connectivity index (χ1) is 11.7. The smallest absolute Gasteiger partial charge is 0.364 e. The van der Waals surface area contributed by atoms with E-state index in [2.05, 4.69) is 12.2 Å². The van der Waals surface area contributed by atoms with Gasteiger partial charge in [0.05, 0.1) is 27.2 Å². The third-order valence-corrected chi connectivity index (χ3v) is 4.76. The van der Waals surface area contributed by atoms with Crippen molar-refractivity contribution in [2.24, 2.45) is 0 Å². The minimum atomic E-state index is -0.859. The molecule has 0 saturated carbocycles. The van der Waals surface area contributed by atoms with Crippen LogP contribution in [0.1, 0.15) is 84.5 Å². The van der Waals surface area contributed by atoms with E-state index in [1.807, 2.05) is 28.1 Å². The van der Waals surface area contributed by atoms with Crippen LogP contribution in [0.25, 0.3) is 0 Å². The van der Waals surface area contributed by atoms with E-state index in [-0.39, 0.29) is 11.9 Å². The number of carboxylic acid groups (broad SMARTS) is 1. The molecule has 0 radical (unpaired) electrons. The van der Waals surface area contributed by atoms with E-state index in [0.29, 0.717) is 17.3 Å². The molecule has 0 spiro atoms. The van der Waals surface area contributed by atoms with Crippen LogP contribution in [-0.2, 0) is 9.59 Å². The molecule has 0 aromatic carbocycles. The fourth-order valence-electron chi connectivity index (χ4n) is 3.32. The number of unbranched alkanes of at least 4 members (excludes halogenated alkanes) is 8. The average molecular weight is 358 g/mol. The van der Waals surface area contributed by atoms with Gasteiger partial charge in [0.15, 0.2) is 0 Å².